The van der Waals surface area contributed by atoms with Crippen LogP contribution in [0.4, 0.5) is 5.95 Å². The Morgan fingerprint density at radius 3 is 2.50 bits per heavy atom. The van der Waals surface area contributed by atoms with Crippen LogP contribution in [0.25, 0.3) is 11.5 Å². The number of anilines is 1. The highest BCUT2D eigenvalue weighted by Gasteiger charge is 2.23. The van der Waals surface area contributed by atoms with Crippen LogP contribution in [0.15, 0.2) is 52.7 Å². The highest BCUT2D eigenvalue weighted by Crippen LogP contribution is 2.24. The molecular formula is C23H24N8O3. The maximum atomic E-state index is 12.6. The van der Waals surface area contributed by atoms with Crippen LogP contribution in [0.3, 0.4) is 0 Å². The number of fused-ring (bicyclic) bond motifs is 1. The van der Waals surface area contributed by atoms with E-state index in [4.69, 9.17) is 10.3 Å². The van der Waals surface area contributed by atoms with Gasteiger partial charge in [-0.05, 0) is 30.4 Å². The summed E-state index contributed by atoms with van der Waals surface area (Å²) in [7, 11) is 0. The lowest BCUT2D eigenvalue weighted by atomic mass is 10.1. The molecule has 11 heteroatoms. The van der Waals surface area contributed by atoms with Gasteiger partial charge in [-0.25, -0.2) is 15.8 Å². The molecule has 3 aromatic rings. The first kappa shape index (κ1) is 21.7. The summed E-state index contributed by atoms with van der Waals surface area (Å²) in [6.45, 7) is 0.754. The van der Waals surface area contributed by atoms with E-state index in [-0.39, 0.29) is 36.1 Å². The summed E-state index contributed by atoms with van der Waals surface area (Å²) in [5.41, 5.74) is 5.96. The van der Waals surface area contributed by atoms with Gasteiger partial charge < -0.3 is 14.6 Å². The molecule has 2 aromatic heterocycles. The van der Waals surface area contributed by atoms with Gasteiger partial charge in [0.1, 0.15) is 6.42 Å². The second-order valence-electron chi connectivity index (χ2n) is 8.28. The van der Waals surface area contributed by atoms with Gasteiger partial charge in [-0.1, -0.05) is 30.3 Å². The number of carbonyl (C=O) groups excluding carboxylic acids is 2. The average Bonchev–Trinajstić information content (AvgIpc) is 3.50. The maximum absolute atomic E-state index is 12.6. The lowest BCUT2D eigenvalue weighted by molar-refractivity contribution is -0.131. The first-order chi connectivity index (χ1) is 16.6. The van der Waals surface area contributed by atoms with Crippen molar-refractivity contribution in [2.75, 3.05) is 18.4 Å². The van der Waals surface area contributed by atoms with Gasteiger partial charge >= 0.3 is 0 Å². The van der Waals surface area contributed by atoms with Crippen LogP contribution in [-0.2, 0) is 28.9 Å². The molecule has 2 aliphatic rings. The number of carbonyl (C=O) groups is 2. The number of amides is 2. The van der Waals surface area contributed by atoms with Crippen LogP contribution >= 0.6 is 0 Å². The van der Waals surface area contributed by atoms with Gasteiger partial charge in [-0.15, -0.1) is 10.2 Å². The molecule has 0 spiro atoms. The minimum atomic E-state index is -0.328. The Hall–Kier alpha value is -4.12. The van der Waals surface area contributed by atoms with E-state index in [1.807, 2.05) is 0 Å². The van der Waals surface area contributed by atoms with Gasteiger partial charge in [-0.2, -0.15) is 0 Å². The van der Waals surface area contributed by atoms with Crippen LogP contribution in [0.1, 0.15) is 23.4 Å². The van der Waals surface area contributed by atoms with Gasteiger partial charge in [0, 0.05) is 37.1 Å². The van der Waals surface area contributed by atoms with Gasteiger partial charge in [-0.3, -0.25) is 15.0 Å². The molecule has 0 radical (unpaired) electrons. The third-order valence-corrected chi connectivity index (χ3v) is 6.04. The number of hydrazine groups is 1. The van der Waals surface area contributed by atoms with Gasteiger partial charge in [0.05, 0.1) is 5.56 Å². The van der Waals surface area contributed by atoms with Crippen LogP contribution in [0, 0.1) is 0 Å². The summed E-state index contributed by atoms with van der Waals surface area (Å²) in [4.78, 5) is 34.5. The second-order valence-corrected chi connectivity index (χ2v) is 8.28. The predicted molar refractivity (Wildman–Crippen MR) is 122 cm³/mol. The molecule has 2 amide bonds. The molecule has 174 valence electrons. The molecule has 0 fully saturated rings. The first-order valence-electron chi connectivity index (χ1n) is 11.0. The molecule has 3 heterocycles. The molecule has 34 heavy (non-hydrogen) atoms. The summed E-state index contributed by atoms with van der Waals surface area (Å²) in [5, 5.41) is 11.4. The summed E-state index contributed by atoms with van der Waals surface area (Å²) in [5.74, 6) is 5.66. The van der Waals surface area contributed by atoms with Gasteiger partial charge in [0.15, 0.2) is 0 Å². The van der Waals surface area contributed by atoms with Crippen molar-refractivity contribution < 1.29 is 14.0 Å². The molecule has 5 rings (SSSR count). The van der Waals surface area contributed by atoms with Crippen molar-refractivity contribution in [2.24, 2.45) is 5.84 Å². The molecule has 0 saturated heterocycles. The number of nitrogens with two attached hydrogens (primary N) is 1. The highest BCUT2D eigenvalue weighted by molar-refractivity contribution is 5.93. The Morgan fingerprint density at radius 2 is 1.85 bits per heavy atom. The van der Waals surface area contributed by atoms with Gasteiger partial charge in [0.2, 0.25) is 17.7 Å². The molecule has 0 unspecified atom stereocenters. The summed E-state index contributed by atoms with van der Waals surface area (Å²) in [6.07, 6.45) is 7.23. The molecule has 1 aliphatic heterocycles. The maximum Gasteiger partial charge on any atom is 0.260 e. The third-order valence-electron chi connectivity index (χ3n) is 6.04. The average molecular weight is 460 g/mol. The number of hydrogen-bond acceptors (Lipinski definition) is 9. The number of nitrogens with one attached hydrogen (secondary N) is 2. The zero-order valence-corrected chi connectivity index (χ0v) is 18.4. The minimum Gasteiger partial charge on any atom is -0.420 e. The summed E-state index contributed by atoms with van der Waals surface area (Å²) >= 11 is 0. The highest BCUT2D eigenvalue weighted by atomic mass is 16.4. The van der Waals surface area contributed by atoms with E-state index in [2.05, 4.69) is 55.2 Å². The standard InChI is InChI=1S/C23H24N8O3/c24-28-21(33)14-5-7-31(8-6-14)20(32)11-19-29-30-22(34-19)17-12-25-23(26-13-17)27-18-9-15-3-1-2-4-16(15)10-18/h1-5,12-13,18H,6-11,24H2,(H,28,33)(H,25,26,27). The number of hydrogen-bond donors (Lipinski definition) is 3. The lowest BCUT2D eigenvalue weighted by Crippen LogP contribution is -2.39. The topological polar surface area (TPSA) is 152 Å². The minimum absolute atomic E-state index is 0.0258. The van der Waals surface area contributed by atoms with Crippen LogP contribution in [0.5, 0.6) is 0 Å². The Labute approximate surface area is 195 Å². The third kappa shape index (κ3) is 4.64. The molecule has 0 atom stereocenters. The van der Waals surface area contributed by atoms with Crippen molar-refractivity contribution in [1.29, 1.82) is 0 Å². The fraction of sp³-hybridized carbons (Fsp3) is 0.304. The van der Waals surface area contributed by atoms with E-state index < -0.39 is 0 Å². The normalized spacial score (nSPS) is 15.6. The number of aromatic nitrogens is 4. The molecule has 1 aliphatic carbocycles. The van der Waals surface area contributed by atoms with E-state index in [1.54, 1.807) is 23.4 Å². The van der Waals surface area contributed by atoms with Crippen molar-refractivity contribution in [3.8, 4) is 11.5 Å². The number of rotatable bonds is 6. The molecule has 0 saturated carbocycles. The van der Waals surface area contributed by atoms with E-state index in [9.17, 15) is 9.59 Å². The Morgan fingerprint density at radius 1 is 1.12 bits per heavy atom. The molecule has 1 aromatic carbocycles. The Kier molecular flexibility index (Phi) is 6.00. The zero-order chi connectivity index (χ0) is 23.5. The van der Waals surface area contributed by atoms with Crippen LogP contribution < -0.4 is 16.6 Å². The number of nitrogens with zero attached hydrogens (tertiary/aromatic N) is 5. The second kappa shape index (κ2) is 9.40. The van der Waals surface area contributed by atoms with Crippen LogP contribution in [-0.4, -0.2) is 56.0 Å². The van der Waals surface area contributed by atoms with E-state index in [0.717, 1.165) is 12.8 Å². The summed E-state index contributed by atoms with van der Waals surface area (Å²) < 4.78 is 5.66. The fourth-order valence-corrected chi connectivity index (χ4v) is 4.23. The van der Waals surface area contributed by atoms with Crippen LogP contribution in [0.2, 0.25) is 0 Å². The van der Waals surface area contributed by atoms with Crippen molar-refractivity contribution in [1.82, 2.24) is 30.5 Å². The predicted octanol–water partition coefficient (Wildman–Crippen LogP) is 0.797. The molecular weight excluding hydrogens is 436 g/mol. The lowest BCUT2D eigenvalue weighted by Gasteiger charge is -2.25. The Bertz CT molecular complexity index is 1210. The van der Waals surface area contributed by atoms with E-state index in [0.29, 0.717) is 36.6 Å². The molecule has 11 nitrogen and oxygen atoms in total. The van der Waals surface area contributed by atoms with E-state index in [1.165, 1.54) is 11.1 Å². The fourth-order valence-electron chi connectivity index (χ4n) is 4.23. The molecule has 4 N–H and O–H groups in total. The van der Waals surface area contributed by atoms with Crippen molar-refractivity contribution in [3.05, 3.63) is 65.3 Å². The van der Waals surface area contributed by atoms with Crippen molar-refractivity contribution >= 4 is 17.8 Å². The quantitative estimate of drug-likeness (QED) is 0.275. The monoisotopic (exact) mass is 460 g/mol. The smallest absolute Gasteiger partial charge is 0.260 e. The first-order valence-corrected chi connectivity index (χ1v) is 11.0. The van der Waals surface area contributed by atoms with Gasteiger partial charge in [0.25, 0.3) is 11.8 Å². The SMILES string of the molecule is NNC(=O)C1=CCN(C(=O)Cc2nnc(-c3cnc(NC4Cc5ccccc5C4)nc3)o2)CC1. The largest absolute Gasteiger partial charge is 0.420 e. The van der Waals surface area contributed by atoms with E-state index >= 15 is 0 Å². The Balaban J connectivity index is 1.16. The van der Waals surface area contributed by atoms with Crippen molar-refractivity contribution in [2.45, 2.75) is 31.7 Å². The molecule has 0 bridgehead atoms. The summed E-state index contributed by atoms with van der Waals surface area (Å²) in [6, 6.07) is 8.68. The van der Waals surface area contributed by atoms with Crippen molar-refractivity contribution in [3.63, 3.8) is 0 Å². The zero-order valence-electron chi connectivity index (χ0n) is 18.4. The number of benzene rings is 1.